The fourth-order valence-corrected chi connectivity index (χ4v) is 2.85. The molecule has 22 heavy (non-hydrogen) atoms. The minimum absolute atomic E-state index is 0.177. The van der Waals surface area contributed by atoms with Crippen LogP contribution in [-0.2, 0) is 11.2 Å². The molecule has 2 N–H and O–H groups in total. The normalized spacial score (nSPS) is 21.0. The Morgan fingerprint density at radius 1 is 1.45 bits per heavy atom. The van der Waals surface area contributed by atoms with Crippen LogP contribution >= 0.6 is 11.6 Å². The van der Waals surface area contributed by atoms with E-state index in [1.165, 1.54) is 0 Å². The molecule has 0 saturated carbocycles. The van der Waals surface area contributed by atoms with Gasteiger partial charge in [-0.1, -0.05) is 23.7 Å². The Labute approximate surface area is 134 Å². The van der Waals surface area contributed by atoms with Crippen LogP contribution in [0.3, 0.4) is 0 Å². The van der Waals surface area contributed by atoms with Gasteiger partial charge in [-0.25, -0.2) is 0 Å². The molecule has 1 amide bonds. The molecule has 1 aliphatic heterocycles. The summed E-state index contributed by atoms with van der Waals surface area (Å²) < 4.78 is 5.53. The molecule has 0 radical (unpaired) electrons. The number of ether oxygens (including phenoxy) is 1. The van der Waals surface area contributed by atoms with E-state index in [0.29, 0.717) is 30.4 Å². The number of carbonyl (C=O) groups is 1. The Morgan fingerprint density at radius 2 is 2.23 bits per heavy atom. The molecule has 2 aromatic rings. The van der Waals surface area contributed by atoms with Crippen LogP contribution in [0.1, 0.15) is 28.2 Å². The van der Waals surface area contributed by atoms with Gasteiger partial charge in [-0.3, -0.25) is 9.89 Å². The van der Waals surface area contributed by atoms with Gasteiger partial charge in [0.15, 0.2) is 0 Å². The topological polar surface area (TPSA) is 67.0 Å². The molecular formula is C16H18ClN3O2. The number of aromatic amines is 1. The predicted octanol–water partition coefficient (Wildman–Crippen LogP) is 2.50. The van der Waals surface area contributed by atoms with Crippen LogP contribution < -0.4 is 5.32 Å². The number of halogens is 1. The van der Waals surface area contributed by atoms with Crippen molar-refractivity contribution in [2.75, 3.05) is 13.2 Å². The van der Waals surface area contributed by atoms with E-state index in [-0.39, 0.29) is 5.91 Å². The lowest BCUT2D eigenvalue weighted by atomic mass is 9.89. The smallest absolute Gasteiger partial charge is 0.272 e. The second-order valence-corrected chi connectivity index (χ2v) is 6.21. The van der Waals surface area contributed by atoms with Crippen molar-refractivity contribution in [1.29, 1.82) is 0 Å². The van der Waals surface area contributed by atoms with Crippen LogP contribution in [0.25, 0.3) is 0 Å². The largest absolute Gasteiger partial charge is 0.379 e. The molecule has 1 fully saturated rings. The van der Waals surface area contributed by atoms with Crippen LogP contribution in [0.4, 0.5) is 0 Å². The van der Waals surface area contributed by atoms with Crippen molar-refractivity contribution in [3.63, 3.8) is 0 Å². The lowest BCUT2D eigenvalue weighted by molar-refractivity contribution is 0.0872. The Hall–Kier alpha value is -1.85. The van der Waals surface area contributed by atoms with Gasteiger partial charge in [0, 0.05) is 17.3 Å². The zero-order valence-corrected chi connectivity index (χ0v) is 13.1. The van der Waals surface area contributed by atoms with Gasteiger partial charge >= 0.3 is 0 Å². The highest BCUT2D eigenvalue weighted by atomic mass is 35.5. The van der Waals surface area contributed by atoms with Crippen LogP contribution in [0.2, 0.25) is 5.02 Å². The van der Waals surface area contributed by atoms with E-state index in [4.69, 9.17) is 16.3 Å². The lowest BCUT2D eigenvalue weighted by Gasteiger charge is -2.28. The molecule has 1 aromatic heterocycles. The van der Waals surface area contributed by atoms with Gasteiger partial charge in [0.1, 0.15) is 5.69 Å². The maximum Gasteiger partial charge on any atom is 0.272 e. The van der Waals surface area contributed by atoms with E-state index in [1.807, 2.05) is 31.2 Å². The zero-order chi connectivity index (χ0) is 15.6. The third kappa shape index (κ3) is 3.31. The Morgan fingerprint density at radius 3 is 2.82 bits per heavy atom. The van der Waals surface area contributed by atoms with Crippen molar-refractivity contribution < 1.29 is 9.53 Å². The van der Waals surface area contributed by atoms with Gasteiger partial charge < -0.3 is 10.1 Å². The highest BCUT2D eigenvalue weighted by molar-refractivity contribution is 6.30. The molecular weight excluding hydrogens is 302 g/mol. The molecule has 116 valence electrons. The standard InChI is InChI=1S/C16H18ClN3O2/c1-11-8-14(20-19-11)15(21)18-16(6-7-22-10-16)9-12-2-4-13(17)5-3-12/h2-5,8H,6-7,9-10H2,1H3,(H,18,21)(H,19,20)/t16-/m1/s1. The second-order valence-electron chi connectivity index (χ2n) is 5.78. The summed E-state index contributed by atoms with van der Waals surface area (Å²) in [5.74, 6) is -0.177. The van der Waals surface area contributed by atoms with E-state index < -0.39 is 5.54 Å². The molecule has 0 unspecified atom stereocenters. The molecule has 2 heterocycles. The molecule has 0 spiro atoms. The number of aromatic nitrogens is 2. The number of nitrogens with zero attached hydrogens (tertiary/aromatic N) is 1. The second kappa shape index (κ2) is 6.10. The SMILES string of the molecule is Cc1cc(C(=O)N[C@@]2(Cc3ccc(Cl)cc3)CCOC2)n[nH]1. The fourth-order valence-electron chi connectivity index (χ4n) is 2.72. The van der Waals surface area contributed by atoms with Crippen molar-refractivity contribution in [2.24, 2.45) is 0 Å². The molecule has 1 aliphatic rings. The number of hydrogen-bond donors (Lipinski definition) is 2. The number of amides is 1. The van der Waals surface area contributed by atoms with E-state index in [0.717, 1.165) is 17.7 Å². The van der Waals surface area contributed by atoms with Gasteiger partial charge in [0.25, 0.3) is 5.91 Å². The average Bonchev–Trinajstić information content (AvgIpc) is 3.11. The molecule has 0 aliphatic carbocycles. The van der Waals surface area contributed by atoms with Crippen molar-refractivity contribution in [2.45, 2.75) is 25.3 Å². The van der Waals surface area contributed by atoms with Gasteiger partial charge in [-0.2, -0.15) is 5.10 Å². The minimum atomic E-state index is -0.391. The number of benzene rings is 1. The van der Waals surface area contributed by atoms with E-state index in [1.54, 1.807) is 6.07 Å². The summed E-state index contributed by atoms with van der Waals surface area (Å²) in [4.78, 5) is 12.4. The third-order valence-electron chi connectivity index (χ3n) is 3.88. The van der Waals surface area contributed by atoms with Gasteiger partial charge in [0.2, 0.25) is 0 Å². The molecule has 0 bridgehead atoms. The molecule has 1 atom stereocenters. The molecule has 6 heteroatoms. The number of carbonyl (C=O) groups excluding carboxylic acids is 1. The summed E-state index contributed by atoms with van der Waals surface area (Å²) >= 11 is 5.92. The van der Waals surface area contributed by atoms with Crippen molar-refractivity contribution in [3.05, 3.63) is 52.3 Å². The molecule has 3 rings (SSSR count). The number of H-pyrrole nitrogens is 1. The quantitative estimate of drug-likeness (QED) is 0.910. The molecule has 1 aromatic carbocycles. The summed E-state index contributed by atoms with van der Waals surface area (Å²) in [7, 11) is 0. The summed E-state index contributed by atoms with van der Waals surface area (Å²) in [5.41, 5.74) is 1.99. The lowest BCUT2D eigenvalue weighted by Crippen LogP contribution is -2.50. The van der Waals surface area contributed by atoms with Crippen LogP contribution in [0.15, 0.2) is 30.3 Å². The van der Waals surface area contributed by atoms with Crippen molar-refractivity contribution in [1.82, 2.24) is 15.5 Å². The van der Waals surface area contributed by atoms with E-state index in [9.17, 15) is 4.79 Å². The molecule has 1 saturated heterocycles. The van der Waals surface area contributed by atoms with Crippen LogP contribution in [-0.4, -0.2) is 34.9 Å². The number of rotatable bonds is 4. The van der Waals surface area contributed by atoms with E-state index >= 15 is 0 Å². The molecule has 5 nitrogen and oxygen atoms in total. The number of aryl methyl sites for hydroxylation is 1. The Bertz CT molecular complexity index is 660. The van der Waals surface area contributed by atoms with Gasteiger partial charge in [-0.05, 0) is 43.5 Å². The zero-order valence-electron chi connectivity index (χ0n) is 12.4. The predicted molar refractivity (Wildman–Crippen MR) is 84.1 cm³/mol. The highest BCUT2D eigenvalue weighted by Crippen LogP contribution is 2.25. The monoisotopic (exact) mass is 319 g/mol. The van der Waals surface area contributed by atoms with E-state index in [2.05, 4.69) is 15.5 Å². The summed E-state index contributed by atoms with van der Waals surface area (Å²) in [6, 6.07) is 9.42. The average molecular weight is 320 g/mol. The first-order chi connectivity index (χ1) is 10.6. The highest BCUT2D eigenvalue weighted by Gasteiger charge is 2.37. The maximum atomic E-state index is 12.4. The fraction of sp³-hybridized carbons (Fsp3) is 0.375. The van der Waals surface area contributed by atoms with Crippen molar-refractivity contribution in [3.8, 4) is 0 Å². The first-order valence-electron chi connectivity index (χ1n) is 7.23. The number of nitrogens with one attached hydrogen (secondary N) is 2. The van der Waals surface area contributed by atoms with Crippen LogP contribution in [0.5, 0.6) is 0 Å². The van der Waals surface area contributed by atoms with Gasteiger partial charge in [0.05, 0.1) is 12.1 Å². The first kappa shape index (κ1) is 15.1. The maximum absolute atomic E-state index is 12.4. The van der Waals surface area contributed by atoms with Crippen LogP contribution in [0, 0.1) is 6.92 Å². The summed E-state index contributed by atoms with van der Waals surface area (Å²) in [5, 5.41) is 10.6. The Kier molecular flexibility index (Phi) is 4.18. The first-order valence-corrected chi connectivity index (χ1v) is 7.61. The third-order valence-corrected chi connectivity index (χ3v) is 4.13. The summed E-state index contributed by atoms with van der Waals surface area (Å²) in [6.45, 7) is 3.02. The minimum Gasteiger partial charge on any atom is -0.379 e. The summed E-state index contributed by atoms with van der Waals surface area (Å²) in [6.07, 6.45) is 1.49. The van der Waals surface area contributed by atoms with Gasteiger partial charge in [-0.15, -0.1) is 0 Å². The number of hydrogen-bond acceptors (Lipinski definition) is 3. The Balaban J connectivity index is 1.76. The van der Waals surface area contributed by atoms with Crippen molar-refractivity contribution >= 4 is 17.5 Å².